The smallest absolute Gasteiger partial charge is 0.366 e. The second kappa shape index (κ2) is 7.11. The molecule has 1 aromatic carbocycles. The zero-order valence-corrected chi connectivity index (χ0v) is 14.2. The van der Waals surface area contributed by atoms with Gasteiger partial charge in [-0.1, -0.05) is 12.1 Å². The predicted octanol–water partition coefficient (Wildman–Crippen LogP) is 2.22. The van der Waals surface area contributed by atoms with Gasteiger partial charge in [-0.05, 0) is 36.6 Å². The maximum absolute atomic E-state index is 12.6. The van der Waals surface area contributed by atoms with Crippen LogP contribution in [-0.4, -0.2) is 48.6 Å². The standard InChI is InChI=1S/C18H19F3N2O3/c1-11(12-2-4-13(5-3-12)18(19,20)21)8-17(25)23-7-6-15-14(9-23)22-16(24)10-26-15/h2-5,8,14-15H,6-7,9-10H2,1H3,(H,22,24)/b11-8+. The summed E-state index contributed by atoms with van der Waals surface area (Å²) < 4.78 is 43.3. The second-order valence-electron chi connectivity index (χ2n) is 6.50. The van der Waals surface area contributed by atoms with E-state index in [4.69, 9.17) is 4.74 Å². The van der Waals surface area contributed by atoms with Gasteiger partial charge in [-0.25, -0.2) is 0 Å². The average molecular weight is 368 g/mol. The van der Waals surface area contributed by atoms with Gasteiger partial charge in [-0.3, -0.25) is 9.59 Å². The molecule has 0 aromatic heterocycles. The van der Waals surface area contributed by atoms with Gasteiger partial charge in [-0.2, -0.15) is 13.2 Å². The number of allylic oxidation sites excluding steroid dienone is 1. The molecule has 1 N–H and O–H groups in total. The zero-order valence-electron chi connectivity index (χ0n) is 14.2. The summed E-state index contributed by atoms with van der Waals surface area (Å²) in [4.78, 5) is 25.5. The number of carbonyl (C=O) groups is 2. The molecule has 2 saturated heterocycles. The fraction of sp³-hybridized carbons (Fsp3) is 0.444. The zero-order chi connectivity index (χ0) is 18.9. The third-order valence-corrected chi connectivity index (χ3v) is 4.64. The molecular formula is C18H19F3N2O3. The van der Waals surface area contributed by atoms with Crippen LogP contribution < -0.4 is 5.32 Å². The first-order valence-corrected chi connectivity index (χ1v) is 8.30. The summed E-state index contributed by atoms with van der Waals surface area (Å²) >= 11 is 0. The Labute approximate surface area is 148 Å². The van der Waals surface area contributed by atoms with Crippen LogP contribution in [0.1, 0.15) is 24.5 Å². The lowest BCUT2D eigenvalue weighted by Crippen LogP contribution is -2.60. The highest BCUT2D eigenvalue weighted by atomic mass is 19.4. The maximum Gasteiger partial charge on any atom is 0.416 e. The van der Waals surface area contributed by atoms with Crippen LogP contribution in [0.25, 0.3) is 5.57 Å². The maximum atomic E-state index is 12.6. The van der Waals surface area contributed by atoms with Crippen molar-refractivity contribution in [2.45, 2.75) is 31.7 Å². The Bertz CT molecular complexity index is 728. The minimum Gasteiger partial charge on any atom is -0.366 e. The van der Waals surface area contributed by atoms with E-state index in [0.29, 0.717) is 30.6 Å². The van der Waals surface area contributed by atoms with Gasteiger partial charge in [0.05, 0.1) is 17.7 Å². The number of likely N-dealkylation sites (tertiary alicyclic amines) is 1. The lowest BCUT2D eigenvalue weighted by atomic mass is 9.99. The number of hydrogen-bond acceptors (Lipinski definition) is 3. The van der Waals surface area contributed by atoms with E-state index in [1.807, 2.05) is 0 Å². The van der Waals surface area contributed by atoms with E-state index in [1.54, 1.807) is 11.8 Å². The molecule has 5 nitrogen and oxygen atoms in total. The number of ether oxygens (including phenoxy) is 1. The van der Waals surface area contributed by atoms with Crippen LogP contribution in [0.4, 0.5) is 13.2 Å². The SMILES string of the molecule is C/C(=C\C(=O)N1CCC2OCC(=O)NC2C1)c1ccc(C(F)(F)F)cc1. The van der Waals surface area contributed by atoms with Crippen LogP contribution in [0.3, 0.4) is 0 Å². The molecule has 0 aliphatic carbocycles. The number of alkyl halides is 3. The lowest BCUT2D eigenvalue weighted by molar-refractivity contribution is -0.144. The van der Waals surface area contributed by atoms with E-state index in [1.165, 1.54) is 18.2 Å². The first-order valence-electron chi connectivity index (χ1n) is 8.30. The normalized spacial score (nSPS) is 24.1. The van der Waals surface area contributed by atoms with Crippen LogP contribution in [-0.2, 0) is 20.5 Å². The Balaban J connectivity index is 1.67. The summed E-state index contributed by atoms with van der Waals surface area (Å²) in [5, 5.41) is 2.82. The second-order valence-corrected chi connectivity index (χ2v) is 6.50. The Kier molecular flexibility index (Phi) is 5.04. The Morgan fingerprint density at radius 1 is 1.31 bits per heavy atom. The van der Waals surface area contributed by atoms with Crippen molar-refractivity contribution in [2.24, 2.45) is 0 Å². The van der Waals surface area contributed by atoms with Crippen LogP contribution in [0, 0.1) is 0 Å². The fourth-order valence-corrected chi connectivity index (χ4v) is 3.18. The molecular weight excluding hydrogens is 349 g/mol. The average Bonchev–Trinajstić information content (AvgIpc) is 2.60. The molecule has 26 heavy (non-hydrogen) atoms. The molecule has 3 rings (SSSR count). The number of nitrogens with one attached hydrogen (secondary N) is 1. The lowest BCUT2D eigenvalue weighted by Gasteiger charge is -2.40. The van der Waals surface area contributed by atoms with Gasteiger partial charge in [0, 0.05) is 19.2 Å². The van der Waals surface area contributed by atoms with Gasteiger partial charge in [0.25, 0.3) is 0 Å². The molecule has 2 unspecified atom stereocenters. The summed E-state index contributed by atoms with van der Waals surface area (Å²) in [5.74, 6) is -0.433. The fourth-order valence-electron chi connectivity index (χ4n) is 3.18. The van der Waals surface area contributed by atoms with Crippen molar-refractivity contribution >= 4 is 17.4 Å². The third kappa shape index (κ3) is 4.07. The van der Waals surface area contributed by atoms with Crippen LogP contribution in [0.15, 0.2) is 30.3 Å². The summed E-state index contributed by atoms with van der Waals surface area (Å²) in [6.45, 7) is 2.58. The number of fused-ring (bicyclic) bond motifs is 1. The molecule has 2 heterocycles. The predicted molar refractivity (Wildman–Crippen MR) is 88.0 cm³/mol. The summed E-state index contributed by atoms with van der Waals surface area (Å²) in [6.07, 6.45) is -2.43. The van der Waals surface area contributed by atoms with Gasteiger partial charge in [0.2, 0.25) is 11.8 Å². The van der Waals surface area contributed by atoms with E-state index in [2.05, 4.69) is 5.32 Å². The van der Waals surface area contributed by atoms with Gasteiger partial charge in [0.15, 0.2) is 0 Å². The number of morpholine rings is 1. The van der Waals surface area contributed by atoms with Crippen LogP contribution >= 0.6 is 0 Å². The highest BCUT2D eigenvalue weighted by Crippen LogP contribution is 2.30. The van der Waals surface area contributed by atoms with Crippen molar-refractivity contribution in [3.05, 3.63) is 41.5 Å². The van der Waals surface area contributed by atoms with E-state index in [0.717, 1.165) is 12.1 Å². The monoisotopic (exact) mass is 368 g/mol. The highest BCUT2D eigenvalue weighted by Gasteiger charge is 2.36. The first-order chi connectivity index (χ1) is 12.2. The number of rotatable bonds is 2. The van der Waals surface area contributed by atoms with Crippen molar-refractivity contribution in [3.63, 3.8) is 0 Å². The highest BCUT2D eigenvalue weighted by molar-refractivity contribution is 5.95. The quantitative estimate of drug-likeness (QED) is 0.815. The molecule has 0 spiro atoms. The van der Waals surface area contributed by atoms with Gasteiger partial charge in [-0.15, -0.1) is 0 Å². The Morgan fingerprint density at radius 3 is 2.65 bits per heavy atom. The number of halogens is 3. The van der Waals surface area contributed by atoms with Crippen LogP contribution in [0.5, 0.6) is 0 Å². The molecule has 2 amide bonds. The molecule has 1 aromatic rings. The van der Waals surface area contributed by atoms with E-state index < -0.39 is 11.7 Å². The van der Waals surface area contributed by atoms with Crippen molar-refractivity contribution in [3.8, 4) is 0 Å². The molecule has 2 fully saturated rings. The molecule has 0 saturated carbocycles. The van der Waals surface area contributed by atoms with E-state index >= 15 is 0 Å². The van der Waals surface area contributed by atoms with Gasteiger partial charge >= 0.3 is 6.18 Å². The number of hydrogen-bond donors (Lipinski definition) is 1. The van der Waals surface area contributed by atoms with Crippen molar-refractivity contribution in [2.75, 3.05) is 19.7 Å². The Morgan fingerprint density at radius 2 is 2.00 bits per heavy atom. The minimum absolute atomic E-state index is 0.0437. The molecule has 2 aliphatic rings. The molecule has 140 valence electrons. The van der Waals surface area contributed by atoms with Crippen LogP contribution in [0.2, 0.25) is 0 Å². The van der Waals surface area contributed by atoms with Crippen molar-refractivity contribution in [1.29, 1.82) is 0 Å². The summed E-state index contributed by atoms with van der Waals surface area (Å²) in [5.41, 5.74) is 0.404. The molecule has 8 heteroatoms. The topological polar surface area (TPSA) is 58.6 Å². The van der Waals surface area contributed by atoms with Crippen molar-refractivity contribution in [1.82, 2.24) is 10.2 Å². The number of nitrogens with zero attached hydrogens (tertiary/aromatic N) is 1. The summed E-state index contributed by atoms with van der Waals surface area (Å²) in [6, 6.07) is 4.47. The number of carbonyl (C=O) groups excluding carboxylic acids is 2. The molecule has 2 atom stereocenters. The largest absolute Gasteiger partial charge is 0.416 e. The van der Waals surface area contributed by atoms with E-state index in [-0.39, 0.29) is 30.6 Å². The Hall–Kier alpha value is -2.35. The number of benzene rings is 1. The number of amides is 2. The third-order valence-electron chi connectivity index (χ3n) is 4.64. The molecule has 2 aliphatic heterocycles. The van der Waals surface area contributed by atoms with Gasteiger partial charge < -0.3 is 15.0 Å². The first kappa shape index (κ1) is 18.4. The van der Waals surface area contributed by atoms with Gasteiger partial charge in [0.1, 0.15) is 6.61 Å². The molecule has 0 radical (unpaired) electrons. The minimum atomic E-state index is -4.39. The van der Waals surface area contributed by atoms with E-state index in [9.17, 15) is 22.8 Å². The summed E-state index contributed by atoms with van der Waals surface area (Å²) in [7, 11) is 0. The molecule has 0 bridgehead atoms. The number of piperidine rings is 1. The van der Waals surface area contributed by atoms with Crippen molar-refractivity contribution < 1.29 is 27.5 Å².